The molecule has 2 heterocycles. The average Bonchev–Trinajstić information content (AvgIpc) is 2.79. The molecule has 10 nitrogen and oxygen atoms in total. The third kappa shape index (κ3) is 12.8. The highest BCUT2D eigenvalue weighted by molar-refractivity contribution is 7.86. The van der Waals surface area contributed by atoms with E-state index in [1.807, 2.05) is 12.1 Å². The molecule has 2 rings (SSSR count). The van der Waals surface area contributed by atoms with Crippen molar-refractivity contribution in [2.45, 2.75) is 43.1 Å². The van der Waals surface area contributed by atoms with Crippen LogP contribution in [0.3, 0.4) is 0 Å². The van der Waals surface area contributed by atoms with Crippen LogP contribution in [0.15, 0.2) is 36.4 Å². The lowest BCUT2D eigenvalue weighted by Gasteiger charge is -2.08. The van der Waals surface area contributed by atoms with E-state index < -0.39 is 31.3 Å². The molecule has 18 heteroatoms. The number of hydrogen-bond donors (Lipinski definition) is 0. The van der Waals surface area contributed by atoms with E-state index in [-0.39, 0.29) is 0 Å². The molecule has 0 aromatic carbocycles. The van der Waals surface area contributed by atoms with Crippen LogP contribution in [-0.4, -0.2) is 51.2 Å². The molecule has 0 fully saturated rings. The molecule has 224 valence electrons. The first-order valence-electron chi connectivity index (χ1n) is 10.8. The van der Waals surface area contributed by atoms with Crippen molar-refractivity contribution >= 4 is 20.2 Å². The number of unbranched alkanes of at least 4 members (excludes halogenated alkanes) is 2. The molecule has 39 heavy (non-hydrogen) atoms. The Bertz CT molecular complexity index is 1170. The van der Waals surface area contributed by atoms with Crippen LogP contribution in [0, 0.1) is 0 Å². The molecule has 0 amide bonds. The summed E-state index contributed by atoms with van der Waals surface area (Å²) in [6.07, 6.45) is 5.76. The Kier molecular flexibility index (Phi) is 14.1. The zero-order valence-electron chi connectivity index (χ0n) is 21.2. The van der Waals surface area contributed by atoms with Crippen LogP contribution in [0.25, 0.3) is 0 Å². The first kappa shape index (κ1) is 36.3. The number of alkyl halides is 6. The summed E-state index contributed by atoms with van der Waals surface area (Å²) in [4.78, 5) is 0. The van der Waals surface area contributed by atoms with E-state index in [4.69, 9.17) is 35.4 Å². The second kappa shape index (κ2) is 15.2. The Morgan fingerprint density at radius 1 is 0.667 bits per heavy atom. The van der Waals surface area contributed by atoms with Crippen molar-refractivity contribution in [3.8, 4) is 11.8 Å². The molecule has 0 unspecified atom stereocenters. The Labute approximate surface area is 222 Å². The fraction of sp³-hybridized carbons (Fsp3) is 0.524. The molecular weight excluding hydrogens is 586 g/mol. The van der Waals surface area contributed by atoms with Crippen molar-refractivity contribution in [2.24, 2.45) is 14.1 Å². The van der Waals surface area contributed by atoms with Gasteiger partial charge in [0.05, 0.1) is 26.4 Å². The Hall–Kier alpha value is -2.70. The number of hydrogen-bond acceptors (Lipinski definition) is 8. The van der Waals surface area contributed by atoms with Crippen LogP contribution < -0.4 is 18.6 Å². The van der Waals surface area contributed by atoms with Gasteiger partial charge >= 0.3 is 22.8 Å². The zero-order valence-corrected chi connectivity index (χ0v) is 22.9. The van der Waals surface area contributed by atoms with Gasteiger partial charge in [-0.3, -0.25) is 0 Å². The van der Waals surface area contributed by atoms with Gasteiger partial charge in [-0.05, 0) is 25.0 Å². The predicted octanol–water partition coefficient (Wildman–Crippen LogP) is 2.41. The summed E-state index contributed by atoms with van der Waals surface area (Å²) in [6.45, 7) is 0. The lowest BCUT2D eigenvalue weighted by Crippen LogP contribution is -2.35. The third-order valence-corrected chi connectivity index (χ3v) is 6.06. The van der Waals surface area contributed by atoms with Crippen molar-refractivity contribution in [1.82, 2.24) is 0 Å². The van der Waals surface area contributed by atoms with E-state index in [1.165, 1.54) is 30.7 Å². The van der Waals surface area contributed by atoms with Gasteiger partial charge in [0.15, 0.2) is 31.6 Å². The number of ether oxygens (including phenoxy) is 2. The predicted molar refractivity (Wildman–Crippen MR) is 121 cm³/mol. The topological polar surface area (TPSA) is 141 Å². The summed E-state index contributed by atoms with van der Waals surface area (Å²) in [6, 6.07) is 12.4. The SMILES string of the molecule is COc1cccc(CCCCCc2cccc(OC)[n+]2C)[n+]1C.O=S(=O)([O-])C(F)(F)F.O=S(=O)([O-])C(F)(F)F. The molecule has 0 saturated heterocycles. The van der Waals surface area contributed by atoms with Gasteiger partial charge in [0.25, 0.3) is 0 Å². The van der Waals surface area contributed by atoms with Crippen LogP contribution >= 0.6 is 0 Å². The molecule has 0 bridgehead atoms. The molecule has 0 radical (unpaired) electrons. The fourth-order valence-corrected chi connectivity index (χ4v) is 2.91. The standard InChI is InChI=1S/C19H28N2O2.2CHF3O3S/c1-20-16(12-8-14-18(20)22-3)10-6-5-7-11-17-13-9-15-19(23-4)21(17)2;2*2-1(3,4)8(5,6)7/h8-9,12-15H,5-7,10-11H2,1-4H3;2*(H,5,6,7)/q+2;;/p-2. The lowest BCUT2D eigenvalue weighted by atomic mass is 10.1. The van der Waals surface area contributed by atoms with Crippen molar-refractivity contribution in [1.29, 1.82) is 0 Å². The maximum absolute atomic E-state index is 10.7. The highest BCUT2D eigenvalue weighted by atomic mass is 32.2. The summed E-state index contributed by atoms with van der Waals surface area (Å²) in [5.41, 5.74) is -8.66. The monoisotopic (exact) mass is 614 g/mol. The normalized spacial score (nSPS) is 12.0. The summed E-state index contributed by atoms with van der Waals surface area (Å²) < 4.78 is 133. The Morgan fingerprint density at radius 3 is 1.18 bits per heavy atom. The Morgan fingerprint density at radius 2 is 0.949 bits per heavy atom. The van der Waals surface area contributed by atoms with Crippen molar-refractivity contribution < 1.29 is 70.9 Å². The van der Waals surface area contributed by atoms with Crippen LogP contribution in [-0.2, 0) is 47.2 Å². The van der Waals surface area contributed by atoms with Gasteiger partial charge < -0.3 is 18.6 Å². The van der Waals surface area contributed by atoms with Gasteiger partial charge in [0, 0.05) is 25.0 Å². The number of methoxy groups -OCH3 is 2. The largest absolute Gasteiger partial charge is 0.741 e. The van der Waals surface area contributed by atoms with Crippen LogP contribution in [0.5, 0.6) is 11.8 Å². The maximum atomic E-state index is 10.7. The summed E-state index contributed by atoms with van der Waals surface area (Å²) in [5.74, 6) is 1.82. The number of nitrogens with zero attached hydrogens (tertiary/aromatic N) is 2. The van der Waals surface area contributed by atoms with Crippen LogP contribution in [0.1, 0.15) is 30.7 Å². The molecule has 0 N–H and O–H groups in total. The van der Waals surface area contributed by atoms with Gasteiger partial charge in [0.2, 0.25) is 0 Å². The molecular formula is C21H28F6N2O8S2. The van der Waals surface area contributed by atoms with Gasteiger partial charge in [-0.2, -0.15) is 35.5 Å². The minimum absolute atomic E-state index is 0.908. The average molecular weight is 615 g/mol. The molecule has 0 aliphatic carbocycles. The van der Waals surface area contributed by atoms with Crippen LogP contribution in [0.4, 0.5) is 26.3 Å². The number of pyridine rings is 2. The highest BCUT2D eigenvalue weighted by Gasteiger charge is 2.37. The van der Waals surface area contributed by atoms with E-state index in [1.54, 1.807) is 14.2 Å². The zero-order chi connectivity index (χ0) is 30.7. The molecule has 0 spiro atoms. The lowest BCUT2D eigenvalue weighted by molar-refractivity contribution is -0.684. The first-order chi connectivity index (χ1) is 17.7. The smallest absolute Gasteiger partial charge is 0.485 e. The van der Waals surface area contributed by atoms with Gasteiger partial charge in [-0.1, -0.05) is 6.42 Å². The first-order valence-corrected chi connectivity index (χ1v) is 13.6. The fourth-order valence-electron chi connectivity index (χ4n) is 2.91. The minimum atomic E-state index is -6.09. The minimum Gasteiger partial charge on any atom is -0.741 e. The number of rotatable bonds is 8. The molecule has 0 aliphatic heterocycles. The summed E-state index contributed by atoms with van der Waals surface area (Å²) in [5, 5.41) is 0. The third-order valence-electron chi connectivity index (χ3n) is 4.93. The quantitative estimate of drug-likeness (QED) is 0.145. The second-order valence-corrected chi connectivity index (χ2v) is 10.3. The number of aromatic nitrogens is 2. The Balaban J connectivity index is 0.000000742. The van der Waals surface area contributed by atoms with E-state index in [0.29, 0.717) is 0 Å². The van der Waals surface area contributed by atoms with E-state index >= 15 is 0 Å². The highest BCUT2D eigenvalue weighted by Crippen LogP contribution is 2.21. The molecule has 2 aromatic heterocycles. The van der Waals surface area contributed by atoms with Crippen molar-refractivity contribution in [3.05, 3.63) is 47.8 Å². The van der Waals surface area contributed by atoms with Crippen LogP contribution in [0.2, 0.25) is 0 Å². The molecule has 0 aliphatic rings. The van der Waals surface area contributed by atoms with Gasteiger partial charge in [-0.25, -0.2) is 16.8 Å². The summed E-state index contributed by atoms with van der Waals surface area (Å²) >= 11 is 0. The van der Waals surface area contributed by atoms with E-state index in [2.05, 4.69) is 47.5 Å². The van der Waals surface area contributed by atoms with E-state index in [0.717, 1.165) is 24.6 Å². The van der Waals surface area contributed by atoms with E-state index in [9.17, 15) is 26.3 Å². The molecule has 0 saturated carbocycles. The van der Waals surface area contributed by atoms with Gasteiger partial charge in [0.1, 0.15) is 14.1 Å². The molecule has 0 atom stereocenters. The maximum Gasteiger partial charge on any atom is 0.485 e. The number of halogens is 6. The summed E-state index contributed by atoms with van der Waals surface area (Å²) in [7, 11) is -4.63. The van der Waals surface area contributed by atoms with Gasteiger partial charge in [-0.15, -0.1) is 0 Å². The number of aryl methyl sites for hydroxylation is 2. The van der Waals surface area contributed by atoms with Crippen molar-refractivity contribution in [3.63, 3.8) is 0 Å². The molecule has 2 aromatic rings. The second-order valence-electron chi connectivity index (χ2n) is 7.60. The van der Waals surface area contributed by atoms with Crippen molar-refractivity contribution in [2.75, 3.05) is 14.2 Å².